The van der Waals surface area contributed by atoms with E-state index >= 15 is 0 Å². The second kappa shape index (κ2) is 84.0. The van der Waals surface area contributed by atoms with Gasteiger partial charge in [0.25, 0.3) is 0 Å². The molecule has 50 nitrogen and oxygen atoms in total. The van der Waals surface area contributed by atoms with E-state index in [0.717, 1.165) is 0 Å². The summed E-state index contributed by atoms with van der Waals surface area (Å²) >= 11 is 0. The molecule has 644 valence electrons. The predicted molar refractivity (Wildman–Crippen MR) is 342 cm³/mol. The minimum atomic E-state index is -1.67. The minimum absolute atomic E-state index is 0. The third-order valence-corrected chi connectivity index (χ3v) is 11.6. The van der Waals surface area contributed by atoms with E-state index in [1.807, 2.05) is 0 Å². The van der Waals surface area contributed by atoms with Crippen LogP contribution in [0.1, 0.15) is 22.3 Å². The van der Waals surface area contributed by atoms with Crippen molar-refractivity contribution >= 4 is 0 Å². The Morgan fingerprint density at radius 1 is 0.0874 bits per heavy atom. The molecule has 0 aromatic rings. The molecular weight excluding hydrogens is 1440 g/mol. The lowest BCUT2D eigenvalue weighted by molar-refractivity contribution is -0.123. The van der Waals surface area contributed by atoms with Gasteiger partial charge in [0, 0.05) is 0 Å². The number of hydrogen-bond acceptors (Lipinski definition) is 50. The zero-order valence-corrected chi connectivity index (χ0v) is 53.8. The monoisotopic (exact) mass is 1570 g/mol. The molecule has 103 heavy (non-hydrogen) atoms. The van der Waals surface area contributed by atoms with Gasteiger partial charge in [0.05, 0.1) is 132 Å². The number of aliphatic hydroxyl groups excluding tert-OH is 50. The van der Waals surface area contributed by atoms with Crippen molar-refractivity contribution in [2.24, 2.45) is 0 Å². The van der Waals surface area contributed by atoms with E-state index in [0.29, 0.717) is 0 Å². The highest BCUT2D eigenvalue weighted by atomic mass is 16.5. The first-order valence-corrected chi connectivity index (χ1v) is 28.9. The van der Waals surface area contributed by atoms with Crippen LogP contribution in [0.25, 0.3) is 0 Å². The Balaban J connectivity index is -0.0000000794. The van der Waals surface area contributed by atoms with Crippen LogP contribution in [0.2, 0.25) is 0 Å². The smallest absolute Gasteiger partial charge is 0.111 e. The van der Waals surface area contributed by atoms with Crippen molar-refractivity contribution < 1.29 is 255 Å². The SMILES string of the molecule is C.C.C.OCC(O)C(O)C(O)C(O)CO.OCC(O)C(O)C(O)C(O)CO.OCC(O)C(O)C(O)C(O)CO.OCC(O)C(O)C(O)CO.OCC(O)C(O)C(O)CO.OCC(O)C(O)C(O)CO.OCC(O)C(O)C(O)CO.OCC(O)C(O)CO.OCC(O)C(O)CO.OCC(O)C(O)CO. The first-order chi connectivity index (χ1) is 46.3. The van der Waals surface area contributed by atoms with Gasteiger partial charge in [-0.15, -0.1) is 0 Å². The fourth-order valence-electron chi connectivity index (χ4n) is 4.63. The Hall–Kier alpha value is -2.00. The van der Waals surface area contributed by atoms with Gasteiger partial charge in [0.2, 0.25) is 0 Å². The average molecular weight is 1570 g/mol. The van der Waals surface area contributed by atoms with Crippen LogP contribution in [-0.4, -0.2) is 571 Å². The Morgan fingerprint density at radius 3 is 0.184 bits per heavy atom. The van der Waals surface area contributed by atoms with E-state index < -0.39 is 315 Å². The lowest BCUT2D eigenvalue weighted by atomic mass is 10.0. The lowest BCUT2D eigenvalue weighted by Gasteiger charge is -2.24. The van der Waals surface area contributed by atoms with Crippen LogP contribution < -0.4 is 0 Å². The van der Waals surface area contributed by atoms with Gasteiger partial charge in [0.1, 0.15) is 183 Å². The van der Waals surface area contributed by atoms with Crippen molar-refractivity contribution in [2.45, 2.75) is 205 Å². The maximum absolute atomic E-state index is 8.96. The molecule has 0 spiro atoms. The molecule has 26 atom stereocenters. The van der Waals surface area contributed by atoms with Gasteiger partial charge in [-0.1, -0.05) is 22.3 Å². The van der Waals surface area contributed by atoms with Gasteiger partial charge in [-0.05, 0) is 0 Å². The average Bonchev–Trinajstić information content (AvgIpc) is 0.926. The van der Waals surface area contributed by atoms with Crippen LogP contribution in [0, 0.1) is 0 Å². The molecular formula is C53H132O50. The van der Waals surface area contributed by atoms with Gasteiger partial charge in [0.15, 0.2) is 0 Å². The third kappa shape index (κ3) is 69.0. The Labute approximate surface area is 591 Å². The topological polar surface area (TPSA) is 1010 Å². The van der Waals surface area contributed by atoms with E-state index in [1.165, 1.54) is 0 Å². The largest absolute Gasteiger partial charge is 0.394 e. The zero-order chi connectivity index (χ0) is 81.5. The molecule has 0 aliphatic heterocycles. The highest BCUT2D eigenvalue weighted by Gasteiger charge is 2.32. The summed E-state index contributed by atoms with van der Waals surface area (Å²) in [5.74, 6) is 0. The van der Waals surface area contributed by atoms with Crippen molar-refractivity contribution in [1.29, 1.82) is 0 Å². The van der Waals surface area contributed by atoms with E-state index in [-0.39, 0.29) is 22.3 Å². The van der Waals surface area contributed by atoms with E-state index in [4.69, 9.17) is 255 Å². The molecule has 0 amide bonds. The second-order valence-corrected chi connectivity index (χ2v) is 19.9. The second-order valence-electron chi connectivity index (χ2n) is 19.9. The molecule has 0 bridgehead atoms. The third-order valence-electron chi connectivity index (χ3n) is 11.6. The van der Waals surface area contributed by atoms with Crippen LogP contribution in [0.3, 0.4) is 0 Å². The van der Waals surface area contributed by atoms with Crippen molar-refractivity contribution in [3.05, 3.63) is 0 Å². The molecule has 0 heterocycles. The fourth-order valence-corrected chi connectivity index (χ4v) is 4.63. The van der Waals surface area contributed by atoms with Crippen LogP contribution in [-0.2, 0) is 0 Å². The predicted octanol–water partition coefficient (Wildman–Crippen LogP) is -27.6. The van der Waals surface area contributed by atoms with Crippen molar-refractivity contribution in [2.75, 3.05) is 132 Å². The summed E-state index contributed by atoms with van der Waals surface area (Å²) in [6, 6.07) is 0. The Bertz CT molecular complexity index is 1300. The fraction of sp³-hybridized carbons (Fsp3) is 1.00. The van der Waals surface area contributed by atoms with Crippen LogP contribution >= 0.6 is 0 Å². The van der Waals surface area contributed by atoms with Crippen LogP contribution in [0.5, 0.6) is 0 Å². The first-order valence-electron chi connectivity index (χ1n) is 28.9. The normalized spacial score (nSPS) is 19.5. The van der Waals surface area contributed by atoms with Crippen molar-refractivity contribution in [3.63, 3.8) is 0 Å². The maximum Gasteiger partial charge on any atom is 0.111 e. The van der Waals surface area contributed by atoms with Crippen molar-refractivity contribution in [3.8, 4) is 0 Å². The van der Waals surface area contributed by atoms with Gasteiger partial charge in [-0.2, -0.15) is 0 Å². The van der Waals surface area contributed by atoms with Crippen LogP contribution in [0.4, 0.5) is 0 Å². The molecule has 0 rings (SSSR count). The molecule has 26 unspecified atom stereocenters. The van der Waals surface area contributed by atoms with Crippen LogP contribution in [0.15, 0.2) is 0 Å². The summed E-state index contributed by atoms with van der Waals surface area (Å²) in [4.78, 5) is 0. The lowest BCUT2D eigenvalue weighted by Crippen LogP contribution is -2.46. The summed E-state index contributed by atoms with van der Waals surface area (Å²) in [6.45, 7) is -12.6. The molecule has 50 N–H and O–H groups in total. The van der Waals surface area contributed by atoms with E-state index in [9.17, 15) is 0 Å². The van der Waals surface area contributed by atoms with Gasteiger partial charge < -0.3 is 255 Å². The summed E-state index contributed by atoms with van der Waals surface area (Å²) in [5.41, 5.74) is 0. The number of hydrogen-bond donors (Lipinski definition) is 50. The van der Waals surface area contributed by atoms with E-state index in [2.05, 4.69) is 0 Å². The highest BCUT2D eigenvalue weighted by Crippen LogP contribution is 2.07. The quantitative estimate of drug-likeness (QED) is 0.0271. The first kappa shape index (κ1) is 130. The number of rotatable bonds is 40. The molecule has 0 fully saturated rings. The molecule has 50 heteroatoms. The molecule has 0 saturated carbocycles. The van der Waals surface area contributed by atoms with Gasteiger partial charge in [-0.25, -0.2) is 0 Å². The molecule has 0 aromatic carbocycles. The molecule has 0 aliphatic rings. The van der Waals surface area contributed by atoms with Gasteiger partial charge in [-0.3, -0.25) is 0 Å². The number of aliphatic hydroxyl groups is 50. The molecule has 0 saturated heterocycles. The summed E-state index contributed by atoms with van der Waals surface area (Å²) < 4.78 is 0. The van der Waals surface area contributed by atoms with Gasteiger partial charge >= 0.3 is 0 Å². The van der Waals surface area contributed by atoms with Crippen molar-refractivity contribution in [1.82, 2.24) is 0 Å². The molecule has 0 radical (unpaired) electrons. The Kier molecular flexibility index (Phi) is 106. The molecule has 0 aromatic heterocycles. The Morgan fingerprint density at radius 2 is 0.136 bits per heavy atom. The molecule has 0 aliphatic carbocycles. The van der Waals surface area contributed by atoms with E-state index in [1.54, 1.807) is 0 Å². The summed E-state index contributed by atoms with van der Waals surface area (Å²) in [6.07, 6.45) is -43.7. The standard InChI is InChI=1S/3C6H14O6.4C5H12O5.3C4H10O4.3CH4/c3*7-1-3(9)5(11)6(12)4(10)2-8;4*6-1-3(8)5(10)4(9)2-7;3*5-1-3(7)4(8)2-6;;;/h3*3-12H,1-2H2;4*3-10H,1-2H2;3*3-8H,1-2H2;3*1H4. The maximum atomic E-state index is 8.96. The highest BCUT2D eigenvalue weighted by molar-refractivity contribution is 4.82. The minimum Gasteiger partial charge on any atom is -0.394 e. The zero-order valence-electron chi connectivity index (χ0n) is 53.8. The summed E-state index contributed by atoms with van der Waals surface area (Å²) in [5, 5.41) is 426. The summed E-state index contributed by atoms with van der Waals surface area (Å²) in [7, 11) is 0.